The van der Waals surface area contributed by atoms with Crippen LogP contribution < -0.4 is 5.32 Å². The number of rotatable bonds is 3. The van der Waals surface area contributed by atoms with Gasteiger partial charge in [0.2, 0.25) is 0 Å². The summed E-state index contributed by atoms with van der Waals surface area (Å²) in [5.74, 6) is 1.73. The van der Waals surface area contributed by atoms with Gasteiger partial charge in [-0.15, -0.1) is 0 Å². The molecular weight excluding hydrogens is 330 g/mol. The minimum Gasteiger partial charge on any atom is -0.381 e. The topological polar surface area (TPSA) is 12.0 Å². The first-order valence-corrected chi connectivity index (χ1v) is 7.36. The fourth-order valence-corrected chi connectivity index (χ4v) is 3.31. The van der Waals surface area contributed by atoms with E-state index in [2.05, 4.69) is 69.2 Å². The lowest BCUT2D eigenvalue weighted by Crippen LogP contribution is -2.37. The van der Waals surface area contributed by atoms with Crippen molar-refractivity contribution in [2.75, 3.05) is 5.32 Å². The Kier molecular flexibility index (Phi) is 3.96. The number of hydrogen-bond donors (Lipinski definition) is 1. The van der Waals surface area contributed by atoms with Crippen LogP contribution in [0.25, 0.3) is 0 Å². The van der Waals surface area contributed by atoms with Gasteiger partial charge in [-0.2, -0.15) is 0 Å². The highest BCUT2D eigenvalue weighted by molar-refractivity contribution is 9.11. The fraction of sp³-hybridized carbons (Fsp3) is 0.538. The van der Waals surface area contributed by atoms with Crippen LogP contribution in [0, 0.1) is 11.8 Å². The summed E-state index contributed by atoms with van der Waals surface area (Å²) in [6.45, 7) is 4.63. The monoisotopic (exact) mass is 345 g/mol. The zero-order valence-corrected chi connectivity index (χ0v) is 12.8. The van der Waals surface area contributed by atoms with E-state index in [-0.39, 0.29) is 0 Å². The van der Waals surface area contributed by atoms with E-state index in [9.17, 15) is 0 Å². The highest BCUT2D eigenvalue weighted by Gasteiger charge is 2.31. The Bertz CT molecular complexity index is 370. The zero-order chi connectivity index (χ0) is 11.7. The van der Waals surface area contributed by atoms with Crippen molar-refractivity contribution in [3.63, 3.8) is 0 Å². The first kappa shape index (κ1) is 12.4. The van der Waals surface area contributed by atoms with E-state index in [0.29, 0.717) is 6.04 Å². The van der Waals surface area contributed by atoms with Crippen molar-refractivity contribution in [3.05, 3.63) is 27.1 Å². The van der Waals surface area contributed by atoms with Gasteiger partial charge in [-0.1, -0.05) is 29.8 Å². The van der Waals surface area contributed by atoms with Crippen molar-refractivity contribution < 1.29 is 0 Å². The smallest absolute Gasteiger partial charge is 0.0487 e. The van der Waals surface area contributed by atoms with Gasteiger partial charge in [-0.25, -0.2) is 0 Å². The maximum atomic E-state index is 3.59. The molecule has 1 aliphatic carbocycles. The molecule has 0 spiro atoms. The van der Waals surface area contributed by atoms with E-state index in [4.69, 9.17) is 0 Å². The Hall–Kier alpha value is -0.0200. The molecule has 0 atom stereocenters. The molecule has 1 saturated carbocycles. The van der Waals surface area contributed by atoms with Crippen LogP contribution in [0.2, 0.25) is 0 Å². The molecule has 0 bridgehead atoms. The zero-order valence-electron chi connectivity index (χ0n) is 9.63. The molecule has 2 rings (SSSR count). The summed E-state index contributed by atoms with van der Waals surface area (Å²) in [6, 6.07) is 6.94. The number of halogens is 2. The predicted octanol–water partition coefficient (Wildman–Crippen LogP) is 5.06. The van der Waals surface area contributed by atoms with Crippen LogP contribution in [0.5, 0.6) is 0 Å². The molecule has 1 aliphatic rings. The van der Waals surface area contributed by atoms with Crippen molar-refractivity contribution in [1.29, 1.82) is 0 Å². The second kappa shape index (κ2) is 5.09. The normalized spacial score (nSPS) is 24.3. The average molecular weight is 347 g/mol. The average Bonchev–Trinajstić information content (AvgIpc) is 2.12. The van der Waals surface area contributed by atoms with Crippen molar-refractivity contribution in [3.8, 4) is 0 Å². The van der Waals surface area contributed by atoms with E-state index < -0.39 is 0 Å². The van der Waals surface area contributed by atoms with Crippen LogP contribution in [-0.2, 0) is 0 Å². The van der Waals surface area contributed by atoms with E-state index in [0.717, 1.165) is 20.8 Å². The van der Waals surface area contributed by atoms with E-state index >= 15 is 0 Å². The first-order chi connectivity index (χ1) is 7.56. The van der Waals surface area contributed by atoms with Crippen molar-refractivity contribution in [1.82, 2.24) is 0 Å². The number of nitrogens with one attached hydrogen (secondary N) is 1. The molecule has 0 unspecified atom stereocenters. The summed E-state index contributed by atoms with van der Waals surface area (Å²) in [6.07, 6.45) is 2.61. The molecule has 1 nitrogen and oxygen atoms in total. The second-order valence-corrected chi connectivity index (χ2v) is 6.71. The van der Waals surface area contributed by atoms with Gasteiger partial charge < -0.3 is 5.32 Å². The third kappa shape index (κ3) is 2.80. The van der Waals surface area contributed by atoms with Gasteiger partial charge in [-0.3, -0.25) is 0 Å². The van der Waals surface area contributed by atoms with Crippen LogP contribution in [0.1, 0.15) is 26.7 Å². The summed E-state index contributed by atoms with van der Waals surface area (Å²) >= 11 is 7.04. The van der Waals surface area contributed by atoms with Gasteiger partial charge in [0.15, 0.2) is 0 Å². The van der Waals surface area contributed by atoms with Gasteiger partial charge in [-0.05, 0) is 58.8 Å². The van der Waals surface area contributed by atoms with Crippen molar-refractivity contribution >= 4 is 37.5 Å². The summed E-state index contributed by atoms with van der Waals surface area (Å²) in [5.41, 5.74) is 1.20. The summed E-state index contributed by atoms with van der Waals surface area (Å²) in [7, 11) is 0. The van der Waals surface area contributed by atoms with E-state index in [1.54, 1.807) is 0 Å². The number of hydrogen-bond acceptors (Lipinski definition) is 1. The van der Waals surface area contributed by atoms with E-state index in [1.165, 1.54) is 18.5 Å². The Balaban J connectivity index is 1.91. The number of benzene rings is 1. The lowest BCUT2D eigenvalue weighted by atomic mass is 9.73. The van der Waals surface area contributed by atoms with Gasteiger partial charge in [0.05, 0.1) is 0 Å². The van der Waals surface area contributed by atoms with Gasteiger partial charge >= 0.3 is 0 Å². The molecule has 0 aromatic heterocycles. The highest BCUT2D eigenvalue weighted by atomic mass is 79.9. The Morgan fingerprint density at radius 3 is 2.50 bits per heavy atom. The maximum Gasteiger partial charge on any atom is 0.0487 e. The molecule has 1 aromatic rings. The van der Waals surface area contributed by atoms with Gasteiger partial charge in [0, 0.05) is 20.7 Å². The van der Waals surface area contributed by atoms with Crippen LogP contribution in [0.15, 0.2) is 27.1 Å². The third-order valence-corrected chi connectivity index (χ3v) is 4.56. The quantitative estimate of drug-likeness (QED) is 0.806. The molecule has 0 amide bonds. The minimum atomic E-state index is 0.657. The highest BCUT2D eigenvalue weighted by Crippen LogP contribution is 2.37. The fourth-order valence-electron chi connectivity index (χ4n) is 2.15. The molecule has 0 radical (unpaired) electrons. The third-order valence-electron chi connectivity index (χ3n) is 3.41. The summed E-state index contributed by atoms with van der Waals surface area (Å²) in [5, 5.41) is 3.59. The molecule has 1 fully saturated rings. The van der Waals surface area contributed by atoms with E-state index in [1.807, 2.05) is 0 Å². The molecular formula is C13H17Br2N. The Morgan fingerprint density at radius 2 is 1.94 bits per heavy atom. The molecule has 16 heavy (non-hydrogen) atoms. The van der Waals surface area contributed by atoms with Crippen LogP contribution in [0.4, 0.5) is 5.69 Å². The molecule has 1 N–H and O–H groups in total. The number of anilines is 1. The second-order valence-electron chi connectivity index (χ2n) is 4.94. The maximum absolute atomic E-state index is 3.59. The van der Waals surface area contributed by atoms with Crippen molar-refractivity contribution in [2.45, 2.75) is 32.7 Å². The largest absolute Gasteiger partial charge is 0.381 e. The summed E-state index contributed by atoms with van der Waals surface area (Å²) < 4.78 is 2.24. The van der Waals surface area contributed by atoms with Crippen molar-refractivity contribution in [2.24, 2.45) is 11.8 Å². The Labute approximate surface area is 114 Å². The summed E-state index contributed by atoms with van der Waals surface area (Å²) in [4.78, 5) is 0. The van der Waals surface area contributed by atoms with Crippen LogP contribution in [-0.4, -0.2) is 6.04 Å². The lowest BCUT2D eigenvalue weighted by molar-refractivity contribution is 0.212. The first-order valence-electron chi connectivity index (χ1n) is 5.78. The molecule has 3 heteroatoms. The van der Waals surface area contributed by atoms with Crippen LogP contribution >= 0.6 is 31.9 Å². The Morgan fingerprint density at radius 1 is 1.25 bits per heavy atom. The van der Waals surface area contributed by atoms with Gasteiger partial charge in [0.1, 0.15) is 0 Å². The minimum absolute atomic E-state index is 0.657. The lowest BCUT2D eigenvalue weighted by Gasteiger charge is -2.39. The molecule has 0 heterocycles. The van der Waals surface area contributed by atoms with Gasteiger partial charge in [0.25, 0.3) is 0 Å². The molecule has 0 aliphatic heterocycles. The molecule has 0 saturated heterocycles. The molecule has 88 valence electrons. The molecule has 1 aromatic carbocycles. The van der Waals surface area contributed by atoms with Crippen LogP contribution in [0.3, 0.4) is 0 Å². The predicted molar refractivity (Wildman–Crippen MR) is 76.8 cm³/mol. The SMILES string of the molecule is CC(C)C1CC(Nc2ccc(Br)cc2Br)C1. The standard InChI is InChI=1S/C13H17Br2N/c1-8(2)9-5-11(6-9)16-13-4-3-10(14)7-12(13)15/h3-4,7-9,11,16H,5-6H2,1-2H3.